The van der Waals surface area contributed by atoms with E-state index >= 15 is 0 Å². The summed E-state index contributed by atoms with van der Waals surface area (Å²) in [5.74, 6) is 0. The molecule has 0 saturated carbocycles. The van der Waals surface area contributed by atoms with Gasteiger partial charge in [-0.1, -0.05) is 37.3 Å². The smallest absolute Gasteiger partial charge is 0.0644 e. The van der Waals surface area contributed by atoms with E-state index in [1.165, 1.54) is 5.56 Å². The van der Waals surface area contributed by atoms with Crippen molar-refractivity contribution in [2.24, 2.45) is 0 Å². The van der Waals surface area contributed by atoms with Gasteiger partial charge in [-0.25, -0.2) is 0 Å². The molecule has 0 aromatic heterocycles. The Kier molecular flexibility index (Phi) is 4.84. The molecule has 3 nitrogen and oxygen atoms in total. The Morgan fingerprint density at radius 1 is 1.25 bits per heavy atom. The molecule has 3 heteroatoms. The first kappa shape index (κ1) is 15.5. The molecule has 0 bridgehead atoms. The van der Waals surface area contributed by atoms with E-state index in [-0.39, 0.29) is 5.41 Å². The first-order valence-electron chi connectivity index (χ1n) is 7.60. The summed E-state index contributed by atoms with van der Waals surface area (Å²) < 4.78 is 0. The molecule has 1 aromatic carbocycles. The van der Waals surface area contributed by atoms with Gasteiger partial charge in [-0.2, -0.15) is 0 Å². The zero-order valence-corrected chi connectivity index (χ0v) is 13.0. The maximum atomic E-state index is 10.1. The van der Waals surface area contributed by atoms with Crippen LogP contribution in [-0.4, -0.2) is 48.8 Å². The van der Waals surface area contributed by atoms with E-state index in [1.54, 1.807) is 0 Å². The number of hydrogen-bond acceptors (Lipinski definition) is 3. The molecule has 1 atom stereocenters. The lowest BCUT2D eigenvalue weighted by molar-refractivity contribution is -0.00989. The van der Waals surface area contributed by atoms with Crippen molar-refractivity contribution in [1.82, 2.24) is 10.2 Å². The number of nitrogens with zero attached hydrogens (tertiary/aromatic N) is 1. The Labute approximate surface area is 123 Å². The van der Waals surface area contributed by atoms with Gasteiger partial charge in [0.25, 0.3) is 0 Å². The van der Waals surface area contributed by atoms with Crippen molar-refractivity contribution in [1.29, 1.82) is 0 Å². The summed E-state index contributed by atoms with van der Waals surface area (Å²) in [5, 5.41) is 13.4. The maximum Gasteiger partial charge on any atom is 0.0644 e. The van der Waals surface area contributed by atoms with Gasteiger partial charge in [0.05, 0.1) is 5.60 Å². The largest absolute Gasteiger partial charge is 0.390 e. The Hall–Kier alpha value is -0.900. The predicted octanol–water partition coefficient (Wildman–Crippen LogP) is 2.01. The zero-order chi connectivity index (χ0) is 14.6. The lowest BCUT2D eigenvalue weighted by Crippen LogP contribution is -2.50. The SMILES string of the molecule is CNCC(C)(CN1CCC(C)(O)CC1)c1ccccc1. The van der Waals surface area contributed by atoms with Crippen LogP contribution in [0, 0.1) is 0 Å². The predicted molar refractivity (Wildman–Crippen MR) is 84.0 cm³/mol. The fourth-order valence-corrected chi connectivity index (χ4v) is 3.17. The van der Waals surface area contributed by atoms with Crippen LogP contribution in [0.5, 0.6) is 0 Å². The molecule has 0 spiro atoms. The van der Waals surface area contributed by atoms with Gasteiger partial charge in [-0.15, -0.1) is 0 Å². The molecular weight excluding hydrogens is 248 g/mol. The molecule has 0 radical (unpaired) electrons. The topological polar surface area (TPSA) is 35.5 Å². The van der Waals surface area contributed by atoms with Crippen molar-refractivity contribution < 1.29 is 5.11 Å². The third kappa shape index (κ3) is 3.81. The summed E-state index contributed by atoms with van der Waals surface area (Å²) in [5.41, 5.74) is 1.02. The minimum Gasteiger partial charge on any atom is -0.390 e. The summed E-state index contributed by atoms with van der Waals surface area (Å²) in [6.45, 7) is 8.25. The second-order valence-corrected chi connectivity index (χ2v) is 6.73. The molecule has 1 heterocycles. The molecule has 1 aliphatic rings. The third-order valence-corrected chi connectivity index (χ3v) is 4.54. The van der Waals surface area contributed by atoms with Gasteiger partial charge in [0.1, 0.15) is 0 Å². The summed E-state index contributed by atoms with van der Waals surface area (Å²) in [6.07, 6.45) is 1.74. The van der Waals surface area contributed by atoms with Gasteiger partial charge in [0, 0.05) is 31.6 Å². The lowest BCUT2D eigenvalue weighted by Gasteiger charge is -2.41. The maximum absolute atomic E-state index is 10.1. The summed E-state index contributed by atoms with van der Waals surface area (Å²) in [4.78, 5) is 2.49. The van der Waals surface area contributed by atoms with E-state index in [0.29, 0.717) is 0 Å². The highest BCUT2D eigenvalue weighted by Crippen LogP contribution is 2.28. The minimum absolute atomic E-state index is 0.110. The molecular formula is C17H28N2O. The Bertz CT molecular complexity index is 408. The van der Waals surface area contributed by atoms with Gasteiger partial charge in [0.15, 0.2) is 0 Å². The molecule has 0 amide bonds. The molecule has 112 valence electrons. The quantitative estimate of drug-likeness (QED) is 0.863. The second-order valence-electron chi connectivity index (χ2n) is 6.73. The molecule has 1 aromatic rings. The standard InChI is InChI=1S/C17H28N2O/c1-16(13-18-3,15-7-5-4-6-8-15)14-19-11-9-17(2,20)10-12-19/h4-8,18,20H,9-14H2,1-3H3. The van der Waals surface area contributed by atoms with E-state index in [4.69, 9.17) is 0 Å². The number of nitrogens with one attached hydrogen (secondary N) is 1. The highest BCUT2D eigenvalue weighted by atomic mass is 16.3. The molecule has 1 saturated heterocycles. The fraction of sp³-hybridized carbons (Fsp3) is 0.647. The van der Waals surface area contributed by atoms with Crippen molar-refractivity contribution in [3.05, 3.63) is 35.9 Å². The minimum atomic E-state index is -0.470. The van der Waals surface area contributed by atoms with Crippen molar-refractivity contribution in [2.45, 2.75) is 37.7 Å². The number of likely N-dealkylation sites (N-methyl/N-ethyl adjacent to an activating group) is 1. The number of aliphatic hydroxyl groups is 1. The monoisotopic (exact) mass is 276 g/mol. The van der Waals surface area contributed by atoms with Crippen LogP contribution in [0.3, 0.4) is 0 Å². The van der Waals surface area contributed by atoms with E-state index in [2.05, 4.69) is 47.5 Å². The molecule has 0 aliphatic carbocycles. The highest BCUT2D eigenvalue weighted by Gasteiger charge is 2.33. The number of rotatable bonds is 5. The normalized spacial score (nSPS) is 22.4. The Morgan fingerprint density at radius 2 is 1.85 bits per heavy atom. The van der Waals surface area contributed by atoms with Crippen molar-refractivity contribution in [2.75, 3.05) is 33.2 Å². The number of benzene rings is 1. The lowest BCUT2D eigenvalue weighted by atomic mass is 9.81. The van der Waals surface area contributed by atoms with Crippen molar-refractivity contribution >= 4 is 0 Å². The van der Waals surface area contributed by atoms with Gasteiger partial charge >= 0.3 is 0 Å². The van der Waals surface area contributed by atoms with Crippen LogP contribution in [-0.2, 0) is 5.41 Å². The van der Waals surface area contributed by atoms with Crippen LogP contribution in [0.2, 0.25) is 0 Å². The van der Waals surface area contributed by atoms with Crippen LogP contribution in [0.15, 0.2) is 30.3 Å². The molecule has 1 fully saturated rings. The Balaban J connectivity index is 2.06. The average molecular weight is 276 g/mol. The first-order valence-corrected chi connectivity index (χ1v) is 7.60. The molecule has 2 N–H and O–H groups in total. The van der Waals surface area contributed by atoms with Crippen LogP contribution in [0.4, 0.5) is 0 Å². The third-order valence-electron chi connectivity index (χ3n) is 4.54. The molecule has 20 heavy (non-hydrogen) atoms. The molecule has 2 rings (SSSR count). The van der Waals surface area contributed by atoms with Gasteiger partial charge in [-0.05, 0) is 32.4 Å². The number of hydrogen-bond donors (Lipinski definition) is 2. The fourth-order valence-electron chi connectivity index (χ4n) is 3.17. The van der Waals surface area contributed by atoms with Crippen LogP contribution in [0.25, 0.3) is 0 Å². The van der Waals surface area contributed by atoms with E-state index < -0.39 is 5.60 Å². The average Bonchev–Trinajstić information content (AvgIpc) is 2.43. The summed E-state index contributed by atoms with van der Waals surface area (Å²) in [6, 6.07) is 10.7. The van der Waals surface area contributed by atoms with Gasteiger partial charge in [-0.3, -0.25) is 0 Å². The summed E-state index contributed by atoms with van der Waals surface area (Å²) in [7, 11) is 2.02. The van der Waals surface area contributed by atoms with E-state index in [0.717, 1.165) is 39.0 Å². The first-order chi connectivity index (χ1) is 9.45. The molecule has 1 unspecified atom stereocenters. The van der Waals surface area contributed by atoms with Crippen molar-refractivity contribution in [3.63, 3.8) is 0 Å². The highest BCUT2D eigenvalue weighted by molar-refractivity contribution is 5.25. The van der Waals surface area contributed by atoms with Crippen LogP contribution in [0.1, 0.15) is 32.3 Å². The zero-order valence-electron chi connectivity index (χ0n) is 13.0. The summed E-state index contributed by atoms with van der Waals surface area (Å²) >= 11 is 0. The van der Waals surface area contributed by atoms with Crippen LogP contribution < -0.4 is 5.32 Å². The van der Waals surface area contributed by atoms with Gasteiger partial charge in [0.2, 0.25) is 0 Å². The second kappa shape index (κ2) is 6.25. The Morgan fingerprint density at radius 3 is 2.40 bits per heavy atom. The van der Waals surface area contributed by atoms with Gasteiger partial charge < -0.3 is 15.3 Å². The molecule has 1 aliphatic heterocycles. The number of piperidine rings is 1. The van der Waals surface area contributed by atoms with E-state index in [1.807, 2.05) is 14.0 Å². The number of likely N-dealkylation sites (tertiary alicyclic amines) is 1. The van der Waals surface area contributed by atoms with Crippen molar-refractivity contribution in [3.8, 4) is 0 Å². The van der Waals surface area contributed by atoms with E-state index in [9.17, 15) is 5.11 Å². The van der Waals surface area contributed by atoms with Crippen LogP contribution >= 0.6 is 0 Å².